The van der Waals surface area contributed by atoms with Gasteiger partial charge in [-0.15, -0.1) is 0 Å². The van der Waals surface area contributed by atoms with Crippen molar-refractivity contribution >= 4 is 33.4 Å². The number of carbonyl (C=O) groups is 1. The second kappa shape index (κ2) is 7.31. The van der Waals surface area contributed by atoms with Gasteiger partial charge in [-0.05, 0) is 40.2 Å². The lowest BCUT2D eigenvalue weighted by molar-refractivity contribution is 0.0947. The summed E-state index contributed by atoms with van der Waals surface area (Å²) in [6.45, 7) is 0.796. The molecule has 0 aliphatic carbocycles. The van der Waals surface area contributed by atoms with Gasteiger partial charge in [-0.3, -0.25) is 4.79 Å². The Labute approximate surface area is 131 Å². The normalized spacial score (nSPS) is 10.1. The summed E-state index contributed by atoms with van der Waals surface area (Å²) in [5.41, 5.74) is 0.468. The molecule has 0 saturated carbocycles. The van der Waals surface area contributed by atoms with Crippen LogP contribution in [0.25, 0.3) is 0 Å². The van der Waals surface area contributed by atoms with Crippen LogP contribution < -0.4 is 10.1 Å². The van der Waals surface area contributed by atoms with Gasteiger partial charge in [0.1, 0.15) is 12.4 Å². The third-order valence-corrected chi connectivity index (χ3v) is 3.59. The molecule has 0 aliphatic heterocycles. The fourth-order valence-electron chi connectivity index (χ4n) is 1.63. The molecule has 2 aromatic rings. The Kier molecular flexibility index (Phi) is 5.44. The van der Waals surface area contributed by atoms with E-state index in [-0.39, 0.29) is 5.91 Å². The molecule has 0 saturated heterocycles. The Hall–Kier alpha value is -1.52. The van der Waals surface area contributed by atoms with E-state index in [4.69, 9.17) is 16.3 Å². The van der Waals surface area contributed by atoms with Crippen LogP contribution in [0, 0.1) is 0 Å². The van der Waals surface area contributed by atoms with Crippen molar-refractivity contribution in [3.63, 3.8) is 0 Å². The molecule has 2 rings (SSSR count). The number of rotatable bonds is 5. The Morgan fingerprint density at radius 1 is 1.15 bits per heavy atom. The maximum atomic E-state index is 11.9. The second-order valence-electron chi connectivity index (χ2n) is 4.01. The van der Waals surface area contributed by atoms with Crippen molar-refractivity contribution in [2.24, 2.45) is 0 Å². The van der Waals surface area contributed by atoms with Crippen molar-refractivity contribution in [3.8, 4) is 5.75 Å². The summed E-state index contributed by atoms with van der Waals surface area (Å²) < 4.78 is 6.45. The van der Waals surface area contributed by atoms with Gasteiger partial charge in [0.25, 0.3) is 5.91 Å². The molecule has 5 heteroatoms. The molecule has 0 aromatic heterocycles. The molecule has 1 amide bonds. The van der Waals surface area contributed by atoms with Crippen molar-refractivity contribution in [1.82, 2.24) is 5.32 Å². The van der Waals surface area contributed by atoms with Crippen molar-refractivity contribution in [2.75, 3.05) is 13.2 Å². The molecule has 20 heavy (non-hydrogen) atoms. The van der Waals surface area contributed by atoms with Crippen molar-refractivity contribution in [2.45, 2.75) is 0 Å². The van der Waals surface area contributed by atoms with Crippen LogP contribution in [0.1, 0.15) is 10.4 Å². The van der Waals surface area contributed by atoms with Crippen LogP contribution in [0.5, 0.6) is 5.75 Å². The lowest BCUT2D eigenvalue weighted by atomic mass is 10.2. The summed E-state index contributed by atoms with van der Waals surface area (Å²) in [7, 11) is 0. The van der Waals surface area contributed by atoms with Crippen molar-refractivity contribution < 1.29 is 9.53 Å². The van der Waals surface area contributed by atoms with Crippen LogP contribution in [-0.4, -0.2) is 19.1 Å². The Morgan fingerprint density at radius 2 is 1.85 bits per heavy atom. The fraction of sp³-hybridized carbons (Fsp3) is 0.133. The Balaban J connectivity index is 1.81. The summed E-state index contributed by atoms with van der Waals surface area (Å²) in [6, 6.07) is 14.5. The van der Waals surface area contributed by atoms with E-state index in [0.29, 0.717) is 23.7 Å². The van der Waals surface area contributed by atoms with Crippen LogP contribution in [0.15, 0.2) is 53.0 Å². The minimum absolute atomic E-state index is 0.202. The Morgan fingerprint density at radius 3 is 2.60 bits per heavy atom. The molecule has 0 radical (unpaired) electrons. The number of nitrogens with one attached hydrogen (secondary N) is 1. The van der Waals surface area contributed by atoms with E-state index in [2.05, 4.69) is 21.2 Å². The predicted molar refractivity (Wildman–Crippen MR) is 83.4 cm³/mol. The zero-order valence-corrected chi connectivity index (χ0v) is 12.9. The SMILES string of the molecule is O=C(NCCOc1ccccc1Br)c1ccccc1Cl. The monoisotopic (exact) mass is 353 g/mol. The summed E-state index contributed by atoms with van der Waals surface area (Å²) in [5, 5.41) is 3.21. The highest BCUT2D eigenvalue weighted by molar-refractivity contribution is 9.10. The highest BCUT2D eigenvalue weighted by Crippen LogP contribution is 2.23. The molecular formula is C15H13BrClNO2. The average Bonchev–Trinajstić information content (AvgIpc) is 2.45. The van der Waals surface area contributed by atoms with E-state index in [0.717, 1.165) is 10.2 Å². The lowest BCUT2D eigenvalue weighted by Gasteiger charge is -2.09. The van der Waals surface area contributed by atoms with Gasteiger partial charge >= 0.3 is 0 Å². The van der Waals surface area contributed by atoms with Gasteiger partial charge in [0.05, 0.1) is 21.6 Å². The van der Waals surface area contributed by atoms with Gasteiger partial charge in [-0.1, -0.05) is 35.9 Å². The van der Waals surface area contributed by atoms with Crippen LogP contribution in [0.2, 0.25) is 5.02 Å². The third kappa shape index (κ3) is 3.99. The molecule has 0 heterocycles. The predicted octanol–water partition coefficient (Wildman–Crippen LogP) is 3.91. The number of carbonyl (C=O) groups excluding carboxylic acids is 1. The largest absolute Gasteiger partial charge is 0.491 e. The number of hydrogen-bond donors (Lipinski definition) is 1. The van der Waals surface area contributed by atoms with Gasteiger partial charge in [-0.25, -0.2) is 0 Å². The molecule has 0 unspecified atom stereocenters. The standard InChI is InChI=1S/C15H13BrClNO2/c16-12-6-2-4-8-14(12)20-10-9-18-15(19)11-5-1-3-7-13(11)17/h1-8H,9-10H2,(H,18,19). The molecule has 0 aliphatic rings. The maximum absolute atomic E-state index is 11.9. The van der Waals surface area contributed by atoms with Gasteiger partial charge in [0.2, 0.25) is 0 Å². The first-order valence-corrected chi connectivity index (χ1v) is 7.25. The molecule has 3 nitrogen and oxygen atoms in total. The zero-order chi connectivity index (χ0) is 14.4. The van der Waals surface area contributed by atoms with E-state index >= 15 is 0 Å². The third-order valence-electron chi connectivity index (χ3n) is 2.60. The fourth-order valence-corrected chi connectivity index (χ4v) is 2.25. The van der Waals surface area contributed by atoms with E-state index < -0.39 is 0 Å². The minimum Gasteiger partial charge on any atom is -0.491 e. The summed E-state index contributed by atoms with van der Waals surface area (Å²) in [4.78, 5) is 11.9. The van der Waals surface area contributed by atoms with E-state index in [1.54, 1.807) is 24.3 Å². The van der Waals surface area contributed by atoms with E-state index in [9.17, 15) is 4.79 Å². The quantitative estimate of drug-likeness (QED) is 0.827. The Bertz CT molecular complexity index is 604. The maximum Gasteiger partial charge on any atom is 0.252 e. The molecule has 0 bridgehead atoms. The van der Waals surface area contributed by atoms with E-state index in [1.807, 2.05) is 24.3 Å². The molecule has 1 N–H and O–H groups in total. The molecule has 0 fully saturated rings. The van der Waals surface area contributed by atoms with Gasteiger partial charge < -0.3 is 10.1 Å². The van der Waals surface area contributed by atoms with Gasteiger partial charge in [0, 0.05) is 0 Å². The minimum atomic E-state index is -0.202. The average molecular weight is 355 g/mol. The van der Waals surface area contributed by atoms with Crippen molar-refractivity contribution in [3.05, 3.63) is 63.6 Å². The highest BCUT2D eigenvalue weighted by Gasteiger charge is 2.08. The number of amides is 1. The van der Waals surface area contributed by atoms with Crippen molar-refractivity contribution in [1.29, 1.82) is 0 Å². The van der Waals surface area contributed by atoms with Gasteiger partial charge in [0.15, 0.2) is 0 Å². The number of ether oxygens (including phenoxy) is 1. The smallest absolute Gasteiger partial charge is 0.252 e. The molecule has 2 aromatic carbocycles. The number of hydrogen-bond acceptors (Lipinski definition) is 2. The molecule has 0 atom stereocenters. The van der Waals surface area contributed by atoms with Crippen LogP contribution in [0.4, 0.5) is 0 Å². The van der Waals surface area contributed by atoms with Crippen LogP contribution >= 0.6 is 27.5 Å². The molecule has 104 valence electrons. The highest BCUT2D eigenvalue weighted by atomic mass is 79.9. The zero-order valence-electron chi connectivity index (χ0n) is 10.6. The summed E-state index contributed by atoms with van der Waals surface area (Å²) in [6.07, 6.45) is 0. The number of benzene rings is 2. The molecular weight excluding hydrogens is 342 g/mol. The first-order chi connectivity index (χ1) is 9.68. The lowest BCUT2D eigenvalue weighted by Crippen LogP contribution is -2.28. The number of para-hydroxylation sites is 1. The summed E-state index contributed by atoms with van der Waals surface area (Å²) in [5.74, 6) is 0.547. The second-order valence-corrected chi connectivity index (χ2v) is 5.28. The first-order valence-electron chi connectivity index (χ1n) is 6.08. The number of halogens is 2. The first kappa shape index (κ1) is 14.9. The topological polar surface area (TPSA) is 38.3 Å². The summed E-state index contributed by atoms with van der Waals surface area (Å²) >= 11 is 9.34. The van der Waals surface area contributed by atoms with E-state index in [1.165, 1.54) is 0 Å². The van der Waals surface area contributed by atoms with Gasteiger partial charge in [-0.2, -0.15) is 0 Å². The molecule has 0 spiro atoms. The van der Waals surface area contributed by atoms with Crippen LogP contribution in [0.3, 0.4) is 0 Å². The van der Waals surface area contributed by atoms with Crippen LogP contribution in [-0.2, 0) is 0 Å².